The van der Waals surface area contributed by atoms with Crippen molar-refractivity contribution in [3.63, 3.8) is 0 Å². The number of aromatic nitrogens is 4. The molecule has 63 heavy (non-hydrogen) atoms. The van der Waals surface area contributed by atoms with Crippen molar-refractivity contribution in [2.24, 2.45) is 0 Å². The number of nitrogens with zero attached hydrogens (tertiary/aromatic N) is 4. The van der Waals surface area contributed by atoms with Gasteiger partial charge in [0.2, 0.25) is 0 Å². The molecule has 294 valence electrons. The number of hydrogen-bond donors (Lipinski definition) is 0. The van der Waals surface area contributed by atoms with E-state index in [0.29, 0.717) is 5.82 Å². The van der Waals surface area contributed by atoms with E-state index in [1.54, 1.807) is 0 Å². The fraction of sp³-hybridized carbons (Fsp3) is 0. The molecular weight excluding hydrogens is 769 g/mol. The lowest BCUT2D eigenvalue weighted by Crippen LogP contribution is -2.00. The van der Waals surface area contributed by atoms with Gasteiger partial charge in [0, 0.05) is 49.4 Å². The molecule has 9 aromatic carbocycles. The summed E-state index contributed by atoms with van der Waals surface area (Å²) < 4.78 is 11.4. The van der Waals surface area contributed by atoms with Crippen LogP contribution in [0.1, 0.15) is 0 Å². The molecule has 0 radical (unpaired) electrons. The molecule has 0 saturated heterocycles. The molecule has 0 bridgehead atoms. The monoisotopic (exact) mass is 804 g/mol. The molecule has 0 saturated carbocycles. The third kappa shape index (κ3) is 5.57. The van der Waals surface area contributed by atoms with Crippen molar-refractivity contribution >= 4 is 65.7 Å². The van der Waals surface area contributed by atoms with Crippen LogP contribution in [0.4, 0.5) is 0 Å². The Labute approximate surface area is 362 Å². The van der Waals surface area contributed by atoms with Gasteiger partial charge < -0.3 is 13.6 Å². The predicted molar refractivity (Wildman–Crippen MR) is 260 cm³/mol. The molecule has 13 aromatic rings. The highest BCUT2D eigenvalue weighted by atomic mass is 16.3. The largest absolute Gasteiger partial charge is 0.455 e. The van der Waals surface area contributed by atoms with Crippen molar-refractivity contribution in [2.75, 3.05) is 0 Å². The Hall–Kier alpha value is -8.54. The van der Waals surface area contributed by atoms with E-state index < -0.39 is 0 Å². The van der Waals surface area contributed by atoms with Crippen molar-refractivity contribution in [3.8, 4) is 56.3 Å². The third-order valence-corrected chi connectivity index (χ3v) is 12.5. The van der Waals surface area contributed by atoms with E-state index in [-0.39, 0.29) is 0 Å². The van der Waals surface area contributed by atoms with Crippen LogP contribution >= 0.6 is 0 Å². The Balaban J connectivity index is 1.05. The van der Waals surface area contributed by atoms with E-state index in [0.717, 1.165) is 83.2 Å². The lowest BCUT2D eigenvalue weighted by atomic mass is 10.0. The summed E-state index contributed by atoms with van der Waals surface area (Å²) in [7, 11) is 0. The van der Waals surface area contributed by atoms with Gasteiger partial charge in [0.15, 0.2) is 5.82 Å². The van der Waals surface area contributed by atoms with Gasteiger partial charge in [-0.15, -0.1) is 0 Å². The van der Waals surface area contributed by atoms with Gasteiger partial charge in [-0.1, -0.05) is 152 Å². The maximum absolute atomic E-state index is 6.68. The van der Waals surface area contributed by atoms with Crippen LogP contribution < -0.4 is 0 Å². The molecule has 0 N–H and O–H groups in total. The van der Waals surface area contributed by atoms with Gasteiger partial charge in [-0.05, 0) is 89.0 Å². The number of fused-ring (bicyclic) bond motifs is 9. The Kier molecular flexibility index (Phi) is 7.84. The minimum Gasteiger partial charge on any atom is -0.455 e. The fourth-order valence-corrected chi connectivity index (χ4v) is 9.64. The molecule has 0 aliphatic rings. The SMILES string of the molecule is c1ccc(-c2ccc3c(c2)c2ccccc2n3-c2cccc(-c3ccc4c(c3)c3nc(-c5ccccc5)nc(-c5cccc6c5oc5ccccc56)c3n4-c3ccccc3)c2)cc1. The summed E-state index contributed by atoms with van der Waals surface area (Å²) >= 11 is 0. The first-order chi connectivity index (χ1) is 31.2. The smallest absolute Gasteiger partial charge is 0.160 e. The molecule has 4 heterocycles. The molecule has 0 aliphatic carbocycles. The van der Waals surface area contributed by atoms with Crippen LogP contribution in [0.3, 0.4) is 0 Å². The number of hydrogen-bond acceptors (Lipinski definition) is 3. The van der Waals surface area contributed by atoms with Crippen LogP contribution in [0, 0.1) is 0 Å². The van der Waals surface area contributed by atoms with Crippen LogP contribution in [0.2, 0.25) is 0 Å². The Morgan fingerprint density at radius 1 is 0.349 bits per heavy atom. The topological polar surface area (TPSA) is 48.8 Å². The van der Waals surface area contributed by atoms with Gasteiger partial charge in [-0.3, -0.25) is 0 Å². The molecule has 0 unspecified atom stereocenters. The highest BCUT2D eigenvalue weighted by Gasteiger charge is 2.24. The Bertz CT molecular complexity index is 3900. The van der Waals surface area contributed by atoms with Gasteiger partial charge in [-0.25, -0.2) is 9.97 Å². The predicted octanol–water partition coefficient (Wildman–Crippen LogP) is 15.2. The highest BCUT2D eigenvalue weighted by molar-refractivity contribution is 6.16. The number of benzene rings is 9. The second kappa shape index (κ2) is 14.0. The van der Waals surface area contributed by atoms with Gasteiger partial charge in [-0.2, -0.15) is 0 Å². The molecule has 5 nitrogen and oxygen atoms in total. The van der Waals surface area contributed by atoms with E-state index in [1.807, 2.05) is 30.3 Å². The van der Waals surface area contributed by atoms with E-state index >= 15 is 0 Å². The molecule has 0 aliphatic heterocycles. The zero-order valence-corrected chi connectivity index (χ0v) is 34.0. The lowest BCUT2D eigenvalue weighted by Gasteiger charge is -2.12. The summed E-state index contributed by atoms with van der Waals surface area (Å²) in [5.41, 5.74) is 16.3. The minimum atomic E-state index is 0.660. The Morgan fingerprint density at radius 2 is 0.921 bits per heavy atom. The molecule has 0 fully saturated rings. The third-order valence-electron chi connectivity index (χ3n) is 12.5. The molecule has 5 heteroatoms. The van der Waals surface area contributed by atoms with Crippen molar-refractivity contribution in [3.05, 3.63) is 218 Å². The van der Waals surface area contributed by atoms with Gasteiger partial charge >= 0.3 is 0 Å². The summed E-state index contributed by atoms with van der Waals surface area (Å²) in [6, 6.07) is 77.3. The highest BCUT2D eigenvalue weighted by Crippen LogP contribution is 2.43. The van der Waals surface area contributed by atoms with E-state index in [9.17, 15) is 0 Å². The molecule has 0 spiro atoms. The first kappa shape index (κ1) is 35.2. The van der Waals surface area contributed by atoms with Gasteiger partial charge in [0.25, 0.3) is 0 Å². The summed E-state index contributed by atoms with van der Waals surface area (Å²) in [6.07, 6.45) is 0. The van der Waals surface area contributed by atoms with Crippen molar-refractivity contribution in [1.29, 1.82) is 0 Å². The maximum Gasteiger partial charge on any atom is 0.160 e. The van der Waals surface area contributed by atoms with Crippen molar-refractivity contribution in [2.45, 2.75) is 0 Å². The molecule has 0 amide bonds. The van der Waals surface area contributed by atoms with Crippen LogP contribution in [0.5, 0.6) is 0 Å². The average Bonchev–Trinajstić information content (AvgIpc) is 4.02. The van der Waals surface area contributed by atoms with E-state index in [1.165, 1.54) is 32.9 Å². The fourth-order valence-electron chi connectivity index (χ4n) is 9.64. The summed E-state index contributed by atoms with van der Waals surface area (Å²) in [6.45, 7) is 0. The minimum absolute atomic E-state index is 0.660. The standard InChI is InChI=1S/C58H36N4O/c1-4-16-37(17-5-1)40-30-32-51-48(35-40)44-24-10-12-28-50(44)61(51)43-23-14-20-39(34-43)41-31-33-52-49(36-41)55-56(62(52)42-21-8-3-9-22-42)54(59-58(60-55)38-18-6-2-7-19-38)47-27-15-26-46-45-25-11-13-29-53(45)63-57(46)47/h1-36H. The van der Waals surface area contributed by atoms with Gasteiger partial charge in [0.05, 0.1) is 22.1 Å². The normalized spacial score (nSPS) is 11.8. The Morgan fingerprint density at radius 3 is 1.73 bits per heavy atom. The first-order valence-corrected chi connectivity index (χ1v) is 21.3. The van der Waals surface area contributed by atoms with Crippen LogP contribution in [0.15, 0.2) is 223 Å². The number of para-hydroxylation sites is 4. The first-order valence-electron chi connectivity index (χ1n) is 21.3. The van der Waals surface area contributed by atoms with Crippen molar-refractivity contribution < 1.29 is 4.42 Å². The second-order valence-corrected chi connectivity index (χ2v) is 16.1. The van der Waals surface area contributed by atoms with Gasteiger partial charge in [0.1, 0.15) is 22.4 Å². The van der Waals surface area contributed by atoms with Crippen LogP contribution in [0.25, 0.3) is 122 Å². The van der Waals surface area contributed by atoms with Crippen LogP contribution in [-0.2, 0) is 0 Å². The average molecular weight is 805 g/mol. The van der Waals surface area contributed by atoms with Crippen LogP contribution in [-0.4, -0.2) is 19.1 Å². The molecular formula is C58H36N4O. The molecule has 0 atom stereocenters. The number of furan rings is 1. The molecule has 13 rings (SSSR count). The summed E-state index contributed by atoms with van der Waals surface area (Å²) in [5, 5.41) is 5.64. The molecule has 4 aromatic heterocycles. The second-order valence-electron chi connectivity index (χ2n) is 16.1. The summed E-state index contributed by atoms with van der Waals surface area (Å²) in [4.78, 5) is 10.9. The van der Waals surface area contributed by atoms with E-state index in [2.05, 4.69) is 197 Å². The quantitative estimate of drug-likeness (QED) is 0.168. The maximum atomic E-state index is 6.68. The zero-order valence-electron chi connectivity index (χ0n) is 34.0. The lowest BCUT2D eigenvalue weighted by molar-refractivity contribution is 0.670. The van der Waals surface area contributed by atoms with E-state index in [4.69, 9.17) is 14.4 Å². The van der Waals surface area contributed by atoms with Crippen molar-refractivity contribution in [1.82, 2.24) is 19.1 Å². The zero-order chi connectivity index (χ0) is 41.4. The number of rotatable bonds is 6. The summed E-state index contributed by atoms with van der Waals surface area (Å²) in [5.74, 6) is 0.660.